The number of sulfonamides is 1. The van der Waals surface area contributed by atoms with Crippen molar-refractivity contribution in [3.8, 4) is 0 Å². The van der Waals surface area contributed by atoms with Crippen molar-refractivity contribution >= 4 is 64.8 Å². The van der Waals surface area contributed by atoms with Crippen molar-refractivity contribution in [2.24, 2.45) is 5.10 Å². The molecule has 11 heteroatoms. The zero-order chi connectivity index (χ0) is 26.0. The molecule has 3 aromatic carbocycles. The predicted octanol–water partition coefficient (Wildman–Crippen LogP) is 6.05. The zero-order valence-corrected chi connectivity index (χ0v) is 22.8. The summed E-state index contributed by atoms with van der Waals surface area (Å²) in [5.41, 5.74) is 1.55. The summed E-state index contributed by atoms with van der Waals surface area (Å²) in [5, 5.41) is 5.82. The molecule has 0 spiro atoms. The van der Waals surface area contributed by atoms with E-state index >= 15 is 0 Å². The van der Waals surface area contributed by atoms with E-state index in [1.54, 1.807) is 6.07 Å². The van der Waals surface area contributed by atoms with E-state index in [0.29, 0.717) is 23.3 Å². The van der Waals surface area contributed by atoms with Crippen LogP contribution in [0.4, 0.5) is 9.52 Å². The Kier molecular flexibility index (Phi) is 7.47. The van der Waals surface area contributed by atoms with Crippen molar-refractivity contribution in [2.75, 3.05) is 18.1 Å². The molecular formula is C26H22BrFN4O3S2. The van der Waals surface area contributed by atoms with Gasteiger partial charge in [0.05, 0.1) is 21.3 Å². The van der Waals surface area contributed by atoms with Gasteiger partial charge in [-0.1, -0.05) is 45.8 Å². The number of carbonyl (C=O) groups excluding carboxylic acids is 1. The summed E-state index contributed by atoms with van der Waals surface area (Å²) in [5.74, 6) is -0.890. The van der Waals surface area contributed by atoms with Crippen molar-refractivity contribution in [2.45, 2.75) is 24.2 Å². The van der Waals surface area contributed by atoms with Crippen molar-refractivity contribution < 1.29 is 17.6 Å². The molecule has 0 saturated carbocycles. The highest BCUT2D eigenvalue weighted by Crippen LogP contribution is 2.31. The SMILES string of the molecule is O=C(c1ccc(S(=O)(=O)N2CCCCC2)cc1)N(/N=C/c1ccc(Br)cc1)c1nc2ccc(F)cc2s1. The second kappa shape index (κ2) is 10.8. The number of piperidine rings is 1. The molecule has 0 aliphatic carbocycles. The van der Waals surface area contributed by atoms with E-state index in [2.05, 4.69) is 26.0 Å². The third-order valence-electron chi connectivity index (χ3n) is 5.96. The number of hydrogen-bond donors (Lipinski definition) is 0. The molecule has 5 rings (SSSR count). The van der Waals surface area contributed by atoms with Gasteiger partial charge in [-0.25, -0.2) is 17.8 Å². The Morgan fingerprint density at radius 3 is 2.43 bits per heavy atom. The summed E-state index contributed by atoms with van der Waals surface area (Å²) in [7, 11) is -3.62. The zero-order valence-electron chi connectivity index (χ0n) is 19.5. The largest absolute Gasteiger partial charge is 0.280 e. The lowest BCUT2D eigenvalue weighted by atomic mass is 10.2. The number of anilines is 1. The van der Waals surface area contributed by atoms with Crippen LogP contribution in [0.15, 0.2) is 81.2 Å². The lowest BCUT2D eigenvalue weighted by molar-refractivity contribution is 0.0987. The summed E-state index contributed by atoms with van der Waals surface area (Å²) in [6, 6.07) is 17.5. The molecule has 1 amide bonds. The van der Waals surface area contributed by atoms with E-state index in [1.165, 1.54) is 46.9 Å². The molecule has 37 heavy (non-hydrogen) atoms. The van der Waals surface area contributed by atoms with E-state index in [-0.39, 0.29) is 15.6 Å². The van der Waals surface area contributed by atoms with Crippen LogP contribution in [0.25, 0.3) is 10.2 Å². The molecule has 1 aliphatic heterocycles. The molecule has 1 saturated heterocycles. The van der Waals surface area contributed by atoms with E-state index < -0.39 is 21.7 Å². The normalized spacial score (nSPS) is 14.9. The van der Waals surface area contributed by atoms with Crippen LogP contribution in [0.1, 0.15) is 35.2 Å². The highest BCUT2D eigenvalue weighted by molar-refractivity contribution is 9.10. The summed E-state index contributed by atoms with van der Waals surface area (Å²) >= 11 is 4.53. The number of hydrogen-bond acceptors (Lipinski definition) is 6. The first-order chi connectivity index (χ1) is 17.8. The maximum Gasteiger partial charge on any atom is 0.280 e. The number of fused-ring (bicyclic) bond motifs is 1. The minimum Gasteiger partial charge on any atom is -0.267 e. The van der Waals surface area contributed by atoms with Crippen LogP contribution in [-0.4, -0.2) is 42.9 Å². The van der Waals surface area contributed by atoms with Crippen molar-refractivity contribution in [1.82, 2.24) is 9.29 Å². The molecule has 190 valence electrons. The molecule has 1 aromatic heterocycles. The number of benzene rings is 3. The molecule has 4 aromatic rings. The number of carbonyl (C=O) groups is 1. The Hall–Kier alpha value is -2.99. The van der Waals surface area contributed by atoms with E-state index in [9.17, 15) is 17.6 Å². The summed E-state index contributed by atoms with van der Waals surface area (Å²) in [4.78, 5) is 18.2. The van der Waals surface area contributed by atoms with Crippen LogP contribution < -0.4 is 5.01 Å². The Morgan fingerprint density at radius 2 is 1.73 bits per heavy atom. The molecule has 0 bridgehead atoms. The average molecular weight is 602 g/mol. The molecule has 2 heterocycles. The van der Waals surface area contributed by atoms with Gasteiger partial charge in [-0.3, -0.25) is 4.79 Å². The fourth-order valence-electron chi connectivity index (χ4n) is 3.98. The van der Waals surface area contributed by atoms with Gasteiger partial charge in [0, 0.05) is 23.1 Å². The van der Waals surface area contributed by atoms with Gasteiger partial charge in [0.2, 0.25) is 15.2 Å². The molecule has 0 radical (unpaired) electrons. The highest BCUT2D eigenvalue weighted by Gasteiger charge is 2.27. The predicted molar refractivity (Wildman–Crippen MR) is 147 cm³/mol. The molecule has 0 atom stereocenters. The van der Waals surface area contributed by atoms with Gasteiger partial charge in [-0.15, -0.1) is 0 Å². The molecule has 0 N–H and O–H groups in total. The first-order valence-corrected chi connectivity index (χ1v) is 14.7. The fraction of sp³-hybridized carbons (Fsp3) is 0.192. The maximum absolute atomic E-state index is 13.8. The minimum absolute atomic E-state index is 0.145. The van der Waals surface area contributed by atoms with Gasteiger partial charge >= 0.3 is 0 Å². The third kappa shape index (κ3) is 5.64. The average Bonchev–Trinajstić information content (AvgIpc) is 3.33. The summed E-state index contributed by atoms with van der Waals surface area (Å²) in [6.07, 6.45) is 4.24. The standard InChI is InChI=1S/C26H22BrFN4O3S2/c27-20-8-4-18(5-9-20)17-29-32(26-30-23-13-10-21(28)16-24(23)36-26)25(33)19-6-11-22(12-7-19)37(34,35)31-14-2-1-3-15-31/h4-13,16-17H,1-3,14-15H2/b29-17+. The number of halogens is 2. The van der Waals surface area contributed by atoms with Gasteiger partial charge in [-0.05, 0) is 73.0 Å². The number of rotatable bonds is 6. The van der Waals surface area contributed by atoms with Gasteiger partial charge in [0.25, 0.3) is 5.91 Å². The molecule has 0 unspecified atom stereocenters. The van der Waals surface area contributed by atoms with Gasteiger partial charge in [-0.2, -0.15) is 14.4 Å². The lowest BCUT2D eigenvalue weighted by Gasteiger charge is -2.25. The number of aromatic nitrogens is 1. The number of nitrogens with zero attached hydrogens (tertiary/aromatic N) is 4. The monoisotopic (exact) mass is 600 g/mol. The number of thiazole rings is 1. The Morgan fingerprint density at radius 1 is 1.03 bits per heavy atom. The minimum atomic E-state index is -3.62. The first-order valence-electron chi connectivity index (χ1n) is 11.6. The van der Waals surface area contributed by atoms with Gasteiger partial charge in [0.15, 0.2) is 0 Å². The van der Waals surface area contributed by atoms with Gasteiger partial charge in [0.1, 0.15) is 5.82 Å². The van der Waals surface area contributed by atoms with Crippen LogP contribution in [0, 0.1) is 5.82 Å². The van der Waals surface area contributed by atoms with Crippen LogP contribution in [0.3, 0.4) is 0 Å². The second-order valence-corrected chi connectivity index (χ2v) is 12.4. The van der Waals surface area contributed by atoms with Crippen LogP contribution in [0.2, 0.25) is 0 Å². The number of amides is 1. The summed E-state index contributed by atoms with van der Waals surface area (Å²) in [6.45, 7) is 1.000. The third-order valence-corrected chi connectivity index (χ3v) is 9.39. The molecule has 1 fully saturated rings. The smallest absolute Gasteiger partial charge is 0.267 e. The Bertz CT molecular complexity index is 1570. The van der Waals surface area contributed by atoms with E-state index in [0.717, 1.165) is 45.6 Å². The topological polar surface area (TPSA) is 82.9 Å². The van der Waals surface area contributed by atoms with Crippen molar-refractivity contribution in [1.29, 1.82) is 0 Å². The lowest BCUT2D eigenvalue weighted by Crippen LogP contribution is -2.35. The maximum atomic E-state index is 13.8. The van der Waals surface area contributed by atoms with Crippen molar-refractivity contribution in [3.05, 3.63) is 88.1 Å². The Balaban J connectivity index is 1.47. The highest BCUT2D eigenvalue weighted by atomic mass is 79.9. The fourth-order valence-corrected chi connectivity index (χ4v) is 6.71. The molecule has 1 aliphatic rings. The van der Waals surface area contributed by atoms with Crippen molar-refractivity contribution in [3.63, 3.8) is 0 Å². The Labute approximate surface area is 226 Å². The van der Waals surface area contributed by atoms with Gasteiger partial charge < -0.3 is 0 Å². The summed E-state index contributed by atoms with van der Waals surface area (Å²) < 4.78 is 42.7. The molecular weight excluding hydrogens is 579 g/mol. The van der Waals surface area contributed by atoms with Crippen LogP contribution >= 0.6 is 27.3 Å². The molecule has 7 nitrogen and oxygen atoms in total. The van der Waals surface area contributed by atoms with E-state index in [1.807, 2.05) is 24.3 Å². The van der Waals surface area contributed by atoms with Crippen LogP contribution in [0.5, 0.6) is 0 Å². The first kappa shape index (κ1) is 25.7. The number of hydrazone groups is 1. The van der Waals surface area contributed by atoms with Crippen LogP contribution in [-0.2, 0) is 10.0 Å². The van der Waals surface area contributed by atoms with E-state index in [4.69, 9.17) is 0 Å². The second-order valence-electron chi connectivity index (χ2n) is 8.51. The quantitative estimate of drug-likeness (QED) is 0.199.